The quantitative estimate of drug-likeness (QED) is 0.578. The Hall–Kier alpha value is -2.80. The van der Waals surface area contributed by atoms with Gasteiger partial charge in [-0.2, -0.15) is 0 Å². The normalized spacial score (nSPS) is 15.4. The summed E-state index contributed by atoms with van der Waals surface area (Å²) in [5.41, 5.74) is 2.09. The summed E-state index contributed by atoms with van der Waals surface area (Å²) in [5, 5.41) is 15.0. The number of nitrogens with one attached hydrogen (secondary N) is 1. The van der Waals surface area contributed by atoms with Crippen LogP contribution < -0.4 is 10.2 Å². The van der Waals surface area contributed by atoms with Gasteiger partial charge in [0.05, 0.1) is 9.95 Å². The molecule has 1 aromatic carbocycles. The second kappa shape index (κ2) is 8.69. The summed E-state index contributed by atoms with van der Waals surface area (Å²) < 4.78 is 0. The SMILES string of the molecule is CC(C)(C)c1ccc(N/C(=C/[N+](=O)[O-])N2CCN(c3ncccc3Cl)CC2)cc1. The highest BCUT2D eigenvalue weighted by Crippen LogP contribution is 2.26. The monoisotopic (exact) mass is 415 g/mol. The third kappa shape index (κ3) is 5.38. The number of benzene rings is 1. The number of aromatic nitrogens is 1. The highest BCUT2D eigenvalue weighted by atomic mass is 35.5. The first-order valence-electron chi connectivity index (χ1n) is 9.57. The highest BCUT2D eigenvalue weighted by molar-refractivity contribution is 6.32. The zero-order valence-corrected chi connectivity index (χ0v) is 17.7. The predicted octanol–water partition coefficient (Wildman–Crippen LogP) is 4.34. The Morgan fingerprint density at radius 3 is 2.38 bits per heavy atom. The molecule has 7 nitrogen and oxygen atoms in total. The van der Waals surface area contributed by atoms with E-state index in [-0.39, 0.29) is 5.41 Å². The maximum absolute atomic E-state index is 11.2. The molecule has 8 heteroatoms. The molecule has 0 amide bonds. The molecule has 3 rings (SSSR count). The van der Waals surface area contributed by atoms with Crippen molar-refractivity contribution in [2.75, 3.05) is 36.4 Å². The number of nitrogens with zero attached hydrogens (tertiary/aromatic N) is 4. The first kappa shape index (κ1) is 20.9. The van der Waals surface area contributed by atoms with Crippen molar-refractivity contribution in [3.63, 3.8) is 0 Å². The molecular formula is C21H26ClN5O2. The largest absolute Gasteiger partial charge is 0.352 e. The van der Waals surface area contributed by atoms with Gasteiger partial charge in [0.1, 0.15) is 5.82 Å². The maximum atomic E-state index is 11.2. The fourth-order valence-electron chi connectivity index (χ4n) is 3.26. The van der Waals surface area contributed by atoms with Crippen molar-refractivity contribution in [3.05, 3.63) is 75.3 Å². The van der Waals surface area contributed by atoms with Crippen LogP contribution >= 0.6 is 11.6 Å². The van der Waals surface area contributed by atoms with E-state index in [4.69, 9.17) is 11.6 Å². The number of piperazine rings is 1. The minimum atomic E-state index is -0.423. The van der Waals surface area contributed by atoms with Crippen molar-refractivity contribution in [1.29, 1.82) is 0 Å². The number of hydrogen-bond donors (Lipinski definition) is 1. The lowest BCUT2D eigenvalue weighted by molar-refractivity contribution is -0.404. The Kier molecular flexibility index (Phi) is 6.27. The van der Waals surface area contributed by atoms with E-state index < -0.39 is 4.92 Å². The van der Waals surface area contributed by atoms with E-state index in [0.717, 1.165) is 17.7 Å². The lowest BCUT2D eigenvalue weighted by Crippen LogP contribution is -2.47. The average Bonchev–Trinajstić information content (AvgIpc) is 2.67. The lowest BCUT2D eigenvalue weighted by atomic mass is 9.87. The van der Waals surface area contributed by atoms with E-state index in [1.54, 1.807) is 12.3 Å². The van der Waals surface area contributed by atoms with E-state index in [1.165, 1.54) is 5.56 Å². The number of nitro groups is 1. The molecule has 2 aromatic rings. The van der Waals surface area contributed by atoms with Crippen LogP contribution in [-0.2, 0) is 5.41 Å². The molecule has 1 saturated heterocycles. The highest BCUT2D eigenvalue weighted by Gasteiger charge is 2.23. The fourth-order valence-corrected chi connectivity index (χ4v) is 3.50. The first-order valence-corrected chi connectivity index (χ1v) is 9.95. The van der Waals surface area contributed by atoms with Crippen molar-refractivity contribution in [2.24, 2.45) is 0 Å². The van der Waals surface area contributed by atoms with E-state index >= 15 is 0 Å². The molecule has 0 spiro atoms. The third-order valence-corrected chi connectivity index (χ3v) is 5.20. The summed E-state index contributed by atoms with van der Waals surface area (Å²) in [6.07, 6.45) is 2.75. The Labute approximate surface area is 176 Å². The van der Waals surface area contributed by atoms with Crippen LogP contribution in [-0.4, -0.2) is 41.0 Å². The van der Waals surface area contributed by atoms with E-state index in [1.807, 2.05) is 35.2 Å². The summed E-state index contributed by atoms with van der Waals surface area (Å²) in [7, 11) is 0. The Bertz CT molecular complexity index is 885. The molecule has 154 valence electrons. The van der Waals surface area contributed by atoms with Gasteiger partial charge in [0.25, 0.3) is 6.20 Å². The lowest BCUT2D eigenvalue weighted by Gasteiger charge is -2.37. The molecule has 0 saturated carbocycles. The minimum Gasteiger partial charge on any atom is -0.352 e. The number of halogens is 1. The van der Waals surface area contributed by atoms with Crippen LogP contribution in [0.3, 0.4) is 0 Å². The van der Waals surface area contributed by atoms with Gasteiger partial charge >= 0.3 is 0 Å². The molecule has 29 heavy (non-hydrogen) atoms. The fraction of sp³-hybridized carbons (Fsp3) is 0.381. The van der Waals surface area contributed by atoms with Gasteiger partial charge in [-0.15, -0.1) is 0 Å². The van der Waals surface area contributed by atoms with Gasteiger partial charge in [-0.25, -0.2) is 4.98 Å². The number of hydrogen-bond acceptors (Lipinski definition) is 6. The summed E-state index contributed by atoms with van der Waals surface area (Å²) in [4.78, 5) is 19.2. The molecule has 1 fully saturated rings. The van der Waals surface area contributed by atoms with Crippen LogP contribution in [0.5, 0.6) is 0 Å². The van der Waals surface area contributed by atoms with Crippen molar-refractivity contribution in [2.45, 2.75) is 26.2 Å². The second-order valence-corrected chi connectivity index (χ2v) is 8.44. The molecule has 0 aliphatic carbocycles. The van der Waals surface area contributed by atoms with Gasteiger partial charge in [-0.1, -0.05) is 44.5 Å². The van der Waals surface area contributed by atoms with Crippen LogP contribution in [0.2, 0.25) is 5.02 Å². The van der Waals surface area contributed by atoms with Gasteiger partial charge < -0.3 is 15.1 Å². The van der Waals surface area contributed by atoms with Gasteiger partial charge in [0.2, 0.25) is 0 Å². The maximum Gasteiger partial charge on any atom is 0.274 e. The third-order valence-electron chi connectivity index (χ3n) is 4.91. The number of anilines is 2. The molecular weight excluding hydrogens is 390 g/mol. The molecule has 1 aliphatic rings. The minimum absolute atomic E-state index is 0.0567. The molecule has 0 atom stereocenters. The second-order valence-electron chi connectivity index (χ2n) is 8.03. The van der Waals surface area contributed by atoms with Crippen LogP contribution in [0.15, 0.2) is 54.6 Å². The van der Waals surface area contributed by atoms with Crippen LogP contribution in [0.25, 0.3) is 0 Å². The number of rotatable bonds is 5. The van der Waals surface area contributed by atoms with Gasteiger partial charge in [-0.3, -0.25) is 10.1 Å². The zero-order chi connectivity index (χ0) is 21.0. The summed E-state index contributed by atoms with van der Waals surface area (Å²) in [5.74, 6) is 1.23. The summed E-state index contributed by atoms with van der Waals surface area (Å²) >= 11 is 6.25. The number of pyridine rings is 1. The molecule has 0 radical (unpaired) electrons. The predicted molar refractivity (Wildman–Crippen MR) is 117 cm³/mol. The van der Waals surface area contributed by atoms with Crippen molar-refractivity contribution < 1.29 is 4.92 Å². The Balaban J connectivity index is 1.70. The average molecular weight is 416 g/mol. The zero-order valence-electron chi connectivity index (χ0n) is 16.9. The molecule has 2 heterocycles. The molecule has 0 unspecified atom stereocenters. The Morgan fingerprint density at radius 1 is 1.17 bits per heavy atom. The molecule has 1 aliphatic heterocycles. The standard InChI is InChI=1S/C21H26ClN5O2/c1-21(2,3)16-6-8-17(9-7-16)24-19(15-27(28)29)25-11-13-26(14-12-25)20-18(22)5-4-10-23-20/h4-10,15,24H,11-14H2,1-3H3/b19-15-. The van der Waals surface area contributed by atoms with Crippen LogP contribution in [0.1, 0.15) is 26.3 Å². The van der Waals surface area contributed by atoms with Gasteiger partial charge in [0.15, 0.2) is 5.82 Å². The Morgan fingerprint density at radius 2 is 1.83 bits per heavy atom. The van der Waals surface area contributed by atoms with E-state index in [9.17, 15) is 10.1 Å². The first-order chi connectivity index (χ1) is 13.7. The molecule has 1 N–H and O–H groups in total. The van der Waals surface area contributed by atoms with Crippen molar-refractivity contribution >= 4 is 23.1 Å². The van der Waals surface area contributed by atoms with E-state index in [2.05, 4.69) is 36.0 Å². The van der Waals surface area contributed by atoms with Crippen molar-refractivity contribution in [3.8, 4) is 0 Å². The molecule has 0 bridgehead atoms. The molecule has 1 aromatic heterocycles. The summed E-state index contributed by atoms with van der Waals surface area (Å²) in [6, 6.07) is 11.6. The van der Waals surface area contributed by atoms with Crippen LogP contribution in [0.4, 0.5) is 11.5 Å². The van der Waals surface area contributed by atoms with Gasteiger partial charge in [0, 0.05) is 38.1 Å². The van der Waals surface area contributed by atoms with Crippen LogP contribution in [0, 0.1) is 10.1 Å². The van der Waals surface area contributed by atoms with Crippen molar-refractivity contribution in [1.82, 2.24) is 9.88 Å². The smallest absolute Gasteiger partial charge is 0.274 e. The summed E-state index contributed by atoms with van der Waals surface area (Å²) in [6.45, 7) is 9.06. The topological polar surface area (TPSA) is 74.5 Å². The van der Waals surface area contributed by atoms with E-state index in [0.29, 0.717) is 37.0 Å². The van der Waals surface area contributed by atoms with Gasteiger partial charge in [-0.05, 0) is 35.2 Å².